The van der Waals surface area contributed by atoms with Crippen molar-refractivity contribution in [2.45, 2.75) is 0 Å². The van der Waals surface area contributed by atoms with E-state index in [1.165, 1.54) is 0 Å². The summed E-state index contributed by atoms with van der Waals surface area (Å²) in [5, 5.41) is 8.85. The van der Waals surface area contributed by atoms with E-state index in [1.54, 1.807) is 30.5 Å². The number of benzene rings is 1. The number of terminal acetylenes is 1. The summed E-state index contributed by atoms with van der Waals surface area (Å²) < 4.78 is 10.7. The van der Waals surface area contributed by atoms with Gasteiger partial charge < -0.3 is 19.6 Å². The van der Waals surface area contributed by atoms with Crippen LogP contribution in [0.5, 0.6) is 11.5 Å². The Hall–Kier alpha value is -3.53. The van der Waals surface area contributed by atoms with Gasteiger partial charge in [0.15, 0.2) is 12.3 Å². The first-order valence-electron chi connectivity index (χ1n) is 7.03. The molecule has 0 spiro atoms. The zero-order chi connectivity index (χ0) is 16.9. The van der Waals surface area contributed by atoms with Gasteiger partial charge in [-0.15, -0.1) is 6.42 Å². The van der Waals surface area contributed by atoms with Crippen molar-refractivity contribution in [1.82, 2.24) is 15.0 Å². The summed E-state index contributed by atoms with van der Waals surface area (Å²) in [5.41, 5.74) is 1.93. The standard InChI is InChI=1S/C17H13N3O4/c1-2-8-23-11-5-6-12(14(9-11)24-10-15(21)22)16-19-13-4-3-7-18-17(13)20-16/h1,3-7,9H,8,10H2,(H,21,22)(H,18,19,20). The van der Waals surface area contributed by atoms with Gasteiger partial charge in [0.05, 0.1) is 11.1 Å². The molecule has 0 saturated carbocycles. The smallest absolute Gasteiger partial charge is 0.341 e. The molecule has 0 aliphatic carbocycles. The molecule has 0 unspecified atom stereocenters. The summed E-state index contributed by atoms with van der Waals surface area (Å²) in [6.45, 7) is -0.379. The Bertz CT molecular complexity index is 894. The molecular weight excluding hydrogens is 310 g/mol. The lowest BCUT2D eigenvalue weighted by atomic mass is 10.2. The van der Waals surface area contributed by atoms with E-state index in [-0.39, 0.29) is 6.61 Å². The maximum atomic E-state index is 10.8. The molecule has 0 saturated heterocycles. The first kappa shape index (κ1) is 15.4. The third kappa shape index (κ3) is 3.28. The summed E-state index contributed by atoms with van der Waals surface area (Å²) in [5.74, 6) is 2.61. The Morgan fingerprint density at radius 2 is 2.21 bits per heavy atom. The molecule has 0 aliphatic rings. The fourth-order valence-corrected chi connectivity index (χ4v) is 2.14. The normalized spacial score (nSPS) is 10.3. The SMILES string of the molecule is C#CCOc1ccc(-c2nc3ncccc3[nH]2)c(OCC(=O)O)c1. The highest BCUT2D eigenvalue weighted by Crippen LogP contribution is 2.32. The van der Waals surface area contributed by atoms with Gasteiger partial charge in [-0.05, 0) is 24.3 Å². The molecule has 3 rings (SSSR count). The Morgan fingerprint density at radius 1 is 1.33 bits per heavy atom. The summed E-state index contributed by atoms with van der Waals surface area (Å²) in [4.78, 5) is 22.5. The number of H-pyrrole nitrogens is 1. The number of nitrogens with one attached hydrogen (secondary N) is 1. The van der Waals surface area contributed by atoms with Gasteiger partial charge in [-0.2, -0.15) is 0 Å². The molecule has 24 heavy (non-hydrogen) atoms. The van der Waals surface area contributed by atoms with Crippen LogP contribution in [0.4, 0.5) is 0 Å². The topological polar surface area (TPSA) is 97.3 Å². The van der Waals surface area contributed by atoms with Crippen LogP contribution in [0.1, 0.15) is 0 Å². The number of carbonyl (C=O) groups is 1. The van der Waals surface area contributed by atoms with Crippen LogP contribution in [0.3, 0.4) is 0 Å². The number of aliphatic carboxylic acids is 1. The molecule has 0 aliphatic heterocycles. The van der Waals surface area contributed by atoms with Gasteiger partial charge in [-0.1, -0.05) is 5.92 Å². The van der Waals surface area contributed by atoms with Crippen molar-refractivity contribution in [2.75, 3.05) is 13.2 Å². The molecule has 2 N–H and O–H groups in total. The van der Waals surface area contributed by atoms with Crippen LogP contribution in [0, 0.1) is 12.3 Å². The Labute approximate surface area is 137 Å². The first-order chi connectivity index (χ1) is 11.7. The lowest BCUT2D eigenvalue weighted by molar-refractivity contribution is -0.139. The van der Waals surface area contributed by atoms with Crippen molar-refractivity contribution in [2.24, 2.45) is 0 Å². The van der Waals surface area contributed by atoms with Crippen molar-refractivity contribution in [3.63, 3.8) is 0 Å². The van der Waals surface area contributed by atoms with E-state index in [1.807, 2.05) is 6.07 Å². The zero-order valence-corrected chi connectivity index (χ0v) is 12.5. The predicted octanol–water partition coefficient (Wildman–Crippen LogP) is 2.10. The molecule has 2 heterocycles. The van der Waals surface area contributed by atoms with E-state index in [9.17, 15) is 4.79 Å². The molecule has 0 bridgehead atoms. The second-order valence-electron chi connectivity index (χ2n) is 4.79. The van der Waals surface area contributed by atoms with E-state index in [4.69, 9.17) is 21.0 Å². The Balaban J connectivity index is 2.01. The minimum absolute atomic E-state index is 0.103. The van der Waals surface area contributed by atoms with Crippen LogP contribution >= 0.6 is 0 Å². The van der Waals surface area contributed by atoms with Gasteiger partial charge in [0.1, 0.15) is 23.9 Å². The second-order valence-corrected chi connectivity index (χ2v) is 4.79. The number of carboxylic acids is 1. The largest absolute Gasteiger partial charge is 0.481 e. The number of fused-ring (bicyclic) bond motifs is 1. The molecule has 7 nitrogen and oxygen atoms in total. The van der Waals surface area contributed by atoms with Gasteiger partial charge in [-0.25, -0.2) is 14.8 Å². The number of nitrogens with zero attached hydrogens (tertiary/aromatic N) is 2. The average molecular weight is 323 g/mol. The van der Waals surface area contributed by atoms with Gasteiger partial charge >= 0.3 is 5.97 Å². The highest BCUT2D eigenvalue weighted by molar-refractivity contribution is 5.78. The monoisotopic (exact) mass is 323 g/mol. The van der Waals surface area contributed by atoms with E-state index >= 15 is 0 Å². The highest BCUT2D eigenvalue weighted by atomic mass is 16.5. The summed E-state index contributed by atoms with van der Waals surface area (Å²) in [6, 6.07) is 8.65. The van der Waals surface area contributed by atoms with Crippen LogP contribution < -0.4 is 9.47 Å². The average Bonchev–Trinajstić information content (AvgIpc) is 3.02. The van der Waals surface area contributed by atoms with Gasteiger partial charge in [0.2, 0.25) is 0 Å². The van der Waals surface area contributed by atoms with Crippen LogP contribution in [0.15, 0.2) is 36.5 Å². The highest BCUT2D eigenvalue weighted by Gasteiger charge is 2.14. The van der Waals surface area contributed by atoms with E-state index in [2.05, 4.69) is 20.9 Å². The molecule has 7 heteroatoms. The summed E-state index contributed by atoms with van der Waals surface area (Å²) in [7, 11) is 0. The van der Waals surface area contributed by atoms with E-state index in [0.717, 1.165) is 5.52 Å². The molecule has 0 radical (unpaired) electrons. The predicted molar refractivity (Wildman–Crippen MR) is 86.8 cm³/mol. The van der Waals surface area contributed by atoms with E-state index in [0.29, 0.717) is 28.5 Å². The van der Waals surface area contributed by atoms with Crippen molar-refractivity contribution in [3.8, 4) is 35.2 Å². The number of aromatic amines is 1. The van der Waals surface area contributed by atoms with Gasteiger partial charge in [0, 0.05) is 12.3 Å². The van der Waals surface area contributed by atoms with Crippen molar-refractivity contribution in [3.05, 3.63) is 36.5 Å². The number of pyridine rings is 1. The number of hydrogen-bond donors (Lipinski definition) is 2. The maximum absolute atomic E-state index is 10.8. The number of hydrogen-bond acceptors (Lipinski definition) is 5. The number of rotatable bonds is 6. The van der Waals surface area contributed by atoms with Crippen LogP contribution in [0.25, 0.3) is 22.6 Å². The molecule has 1 aromatic carbocycles. The van der Waals surface area contributed by atoms with Crippen molar-refractivity contribution in [1.29, 1.82) is 0 Å². The van der Waals surface area contributed by atoms with Gasteiger partial charge in [0.25, 0.3) is 0 Å². The van der Waals surface area contributed by atoms with Crippen LogP contribution in [-0.4, -0.2) is 39.2 Å². The van der Waals surface area contributed by atoms with Crippen LogP contribution in [-0.2, 0) is 4.79 Å². The number of ether oxygens (including phenoxy) is 2. The fraction of sp³-hybridized carbons (Fsp3) is 0.118. The lowest BCUT2D eigenvalue weighted by Crippen LogP contribution is -2.10. The maximum Gasteiger partial charge on any atom is 0.341 e. The molecule has 0 fully saturated rings. The molecular formula is C17H13N3O4. The van der Waals surface area contributed by atoms with E-state index < -0.39 is 12.6 Å². The summed E-state index contributed by atoms with van der Waals surface area (Å²) >= 11 is 0. The molecule has 0 atom stereocenters. The third-order valence-electron chi connectivity index (χ3n) is 3.14. The minimum Gasteiger partial charge on any atom is -0.481 e. The second kappa shape index (κ2) is 6.71. The molecule has 2 aromatic heterocycles. The fourth-order valence-electron chi connectivity index (χ4n) is 2.14. The number of carboxylic acid groups (broad SMARTS) is 1. The van der Waals surface area contributed by atoms with Crippen molar-refractivity contribution < 1.29 is 19.4 Å². The molecule has 0 amide bonds. The molecule has 120 valence electrons. The zero-order valence-electron chi connectivity index (χ0n) is 12.5. The third-order valence-corrected chi connectivity index (χ3v) is 3.14. The first-order valence-corrected chi connectivity index (χ1v) is 7.03. The lowest BCUT2D eigenvalue weighted by Gasteiger charge is -2.10. The summed E-state index contributed by atoms with van der Waals surface area (Å²) in [6.07, 6.45) is 6.82. The minimum atomic E-state index is -1.08. The number of imidazole rings is 1. The Morgan fingerprint density at radius 3 is 2.96 bits per heavy atom. The molecule has 3 aromatic rings. The van der Waals surface area contributed by atoms with Crippen LogP contribution in [0.2, 0.25) is 0 Å². The Kier molecular flexibility index (Phi) is 4.29. The number of aromatic nitrogens is 3. The quantitative estimate of drug-likeness (QED) is 0.674. The van der Waals surface area contributed by atoms with Gasteiger partial charge in [-0.3, -0.25) is 0 Å². The van der Waals surface area contributed by atoms with Crippen molar-refractivity contribution >= 4 is 17.1 Å².